The van der Waals surface area contributed by atoms with E-state index in [4.69, 9.17) is 0 Å². The third kappa shape index (κ3) is 3.00. The van der Waals surface area contributed by atoms with E-state index in [1.54, 1.807) is 0 Å². The predicted octanol–water partition coefficient (Wildman–Crippen LogP) is 1.19. The molecule has 4 fully saturated rings. The first-order valence-electron chi connectivity index (χ1n) is 9.15. The highest BCUT2D eigenvalue weighted by atomic mass is 16.3. The third-order valence-corrected chi connectivity index (χ3v) is 6.34. The molecule has 4 rings (SSSR count). The largest absolute Gasteiger partial charge is 0.394 e. The summed E-state index contributed by atoms with van der Waals surface area (Å²) in [5.41, 5.74) is 0.0247. The molecule has 2 saturated heterocycles. The van der Waals surface area contributed by atoms with Crippen molar-refractivity contribution in [2.24, 2.45) is 0 Å². The third-order valence-electron chi connectivity index (χ3n) is 6.34. The van der Waals surface area contributed by atoms with Crippen LogP contribution < -0.4 is 5.32 Å². The summed E-state index contributed by atoms with van der Waals surface area (Å²) in [5, 5.41) is 13.8. The zero-order chi connectivity index (χ0) is 14.3. The highest BCUT2D eigenvalue weighted by Gasteiger charge is 2.42. The predicted molar refractivity (Wildman–Crippen MR) is 84.4 cm³/mol. The van der Waals surface area contributed by atoms with Crippen molar-refractivity contribution in [3.05, 3.63) is 0 Å². The first-order valence-corrected chi connectivity index (χ1v) is 9.15. The van der Waals surface area contributed by atoms with Gasteiger partial charge in [0.15, 0.2) is 0 Å². The summed E-state index contributed by atoms with van der Waals surface area (Å²) in [6, 6.07) is 2.21. The van der Waals surface area contributed by atoms with Gasteiger partial charge in [-0.3, -0.25) is 9.80 Å². The lowest BCUT2D eigenvalue weighted by Crippen LogP contribution is -2.60. The molecule has 0 aromatic carbocycles. The number of aliphatic hydroxyl groups is 1. The number of piperazine rings is 1. The van der Waals surface area contributed by atoms with Gasteiger partial charge in [-0.15, -0.1) is 0 Å². The Morgan fingerprint density at radius 3 is 2.57 bits per heavy atom. The van der Waals surface area contributed by atoms with Crippen molar-refractivity contribution in [3.63, 3.8) is 0 Å². The van der Waals surface area contributed by atoms with Gasteiger partial charge in [0.25, 0.3) is 0 Å². The number of rotatable bonds is 4. The molecule has 2 heterocycles. The fraction of sp³-hybridized carbons (Fsp3) is 1.00. The molecule has 0 amide bonds. The van der Waals surface area contributed by atoms with Crippen LogP contribution in [0.3, 0.4) is 0 Å². The monoisotopic (exact) mass is 293 g/mol. The van der Waals surface area contributed by atoms with E-state index in [2.05, 4.69) is 15.1 Å². The lowest BCUT2D eigenvalue weighted by molar-refractivity contribution is 0.0198. The lowest BCUT2D eigenvalue weighted by Gasteiger charge is -2.48. The van der Waals surface area contributed by atoms with Crippen LogP contribution in [-0.4, -0.2) is 71.4 Å². The maximum Gasteiger partial charge on any atom is 0.0613 e. The van der Waals surface area contributed by atoms with Gasteiger partial charge >= 0.3 is 0 Å². The van der Waals surface area contributed by atoms with E-state index in [0.29, 0.717) is 18.7 Å². The highest BCUT2D eigenvalue weighted by Crippen LogP contribution is 2.35. The van der Waals surface area contributed by atoms with Gasteiger partial charge in [-0.1, -0.05) is 0 Å². The topological polar surface area (TPSA) is 38.7 Å². The van der Waals surface area contributed by atoms with E-state index in [1.807, 2.05) is 0 Å². The minimum absolute atomic E-state index is 0.0247. The molecule has 3 unspecified atom stereocenters. The summed E-state index contributed by atoms with van der Waals surface area (Å²) in [5.74, 6) is 0. The minimum atomic E-state index is 0.0247. The fourth-order valence-corrected chi connectivity index (χ4v) is 4.97. The Balaban J connectivity index is 1.40. The molecule has 0 aromatic heterocycles. The maximum absolute atomic E-state index is 10.00. The van der Waals surface area contributed by atoms with Crippen LogP contribution in [-0.2, 0) is 0 Å². The quantitative estimate of drug-likeness (QED) is 0.817. The van der Waals surface area contributed by atoms with E-state index in [-0.39, 0.29) is 5.54 Å². The second-order valence-electron chi connectivity index (χ2n) is 7.93. The van der Waals surface area contributed by atoms with Crippen LogP contribution in [0.4, 0.5) is 0 Å². The van der Waals surface area contributed by atoms with Crippen LogP contribution in [0.15, 0.2) is 0 Å². The molecule has 0 bridgehead atoms. The Kier molecular flexibility index (Phi) is 3.99. The number of nitrogens with zero attached hydrogens (tertiary/aromatic N) is 2. The van der Waals surface area contributed by atoms with E-state index >= 15 is 0 Å². The molecule has 4 nitrogen and oxygen atoms in total. The van der Waals surface area contributed by atoms with Gasteiger partial charge in [-0.2, -0.15) is 0 Å². The SMILES string of the molecule is OCC1(NC2CC2)CCCC(N2CCN3CCCC3C2)C1. The Bertz CT molecular complexity index is 373. The Morgan fingerprint density at radius 2 is 1.76 bits per heavy atom. The van der Waals surface area contributed by atoms with Gasteiger partial charge in [0, 0.05) is 43.3 Å². The van der Waals surface area contributed by atoms with Crippen molar-refractivity contribution in [1.82, 2.24) is 15.1 Å². The second kappa shape index (κ2) is 5.80. The molecule has 21 heavy (non-hydrogen) atoms. The van der Waals surface area contributed by atoms with Crippen LogP contribution >= 0.6 is 0 Å². The minimum Gasteiger partial charge on any atom is -0.394 e. The van der Waals surface area contributed by atoms with Crippen LogP contribution in [0.2, 0.25) is 0 Å². The average molecular weight is 293 g/mol. The maximum atomic E-state index is 10.00. The average Bonchev–Trinajstić information content (AvgIpc) is 3.20. The highest BCUT2D eigenvalue weighted by molar-refractivity contribution is 5.02. The number of fused-ring (bicyclic) bond motifs is 1. The van der Waals surface area contributed by atoms with E-state index in [1.165, 1.54) is 71.1 Å². The lowest BCUT2D eigenvalue weighted by atomic mass is 9.78. The molecular weight excluding hydrogens is 262 g/mol. The molecule has 2 aliphatic heterocycles. The smallest absolute Gasteiger partial charge is 0.0613 e. The summed E-state index contributed by atoms with van der Waals surface area (Å²) in [4.78, 5) is 5.45. The number of aliphatic hydroxyl groups excluding tert-OH is 1. The Hall–Kier alpha value is -0.160. The number of hydrogen-bond donors (Lipinski definition) is 2. The molecule has 0 radical (unpaired) electrons. The Morgan fingerprint density at radius 1 is 0.952 bits per heavy atom. The second-order valence-corrected chi connectivity index (χ2v) is 7.93. The summed E-state index contributed by atoms with van der Waals surface area (Å²) < 4.78 is 0. The summed E-state index contributed by atoms with van der Waals surface area (Å²) in [6.07, 6.45) is 10.4. The van der Waals surface area contributed by atoms with Crippen molar-refractivity contribution in [1.29, 1.82) is 0 Å². The zero-order valence-electron chi connectivity index (χ0n) is 13.3. The number of nitrogens with one attached hydrogen (secondary N) is 1. The molecule has 2 aliphatic carbocycles. The van der Waals surface area contributed by atoms with Gasteiger partial charge in [0.1, 0.15) is 0 Å². The molecule has 2 saturated carbocycles. The molecular formula is C17H31N3O. The molecule has 0 spiro atoms. The van der Waals surface area contributed by atoms with Gasteiger partial charge in [-0.05, 0) is 57.9 Å². The van der Waals surface area contributed by atoms with E-state index in [0.717, 1.165) is 12.5 Å². The molecule has 2 N–H and O–H groups in total. The first kappa shape index (κ1) is 14.4. The van der Waals surface area contributed by atoms with Crippen molar-refractivity contribution >= 4 is 0 Å². The van der Waals surface area contributed by atoms with Gasteiger partial charge in [-0.25, -0.2) is 0 Å². The fourth-order valence-electron chi connectivity index (χ4n) is 4.97. The van der Waals surface area contributed by atoms with Gasteiger partial charge < -0.3 is 10.4 Å². The van der Waals surface area contributed by atoms with Crippen molar-refractivity contribution in [2.45, 2.75) is 75.0 Å². The molecule has 4 heteroatoms. The van der Waals surface area contributed by atoms with Gasteiger partial charge in [0.2, 0.25) is 0 Å². The van der Waals surface area contributed by atoms with Crippen LogP contribution in [0.1, 0.15) is 51.4 Å². The van der Waals surface area contributed by atoms with Crippen molar-refractivity contribution in [3.8, 4) is 0 Å². The molecule has 120 valence electrons. The molecule has 4 aliphatic rings. The van der Waals surface area contributed by atoms with Crippen LogP contribution in [0.25, 0.3) is 0 Å². The normalized spacial score (nSPS) is 42.1. The van der Waals surface area contributed by atoms with Crippen molar-refractivity contribution in [2.75, 3.05) is 32.8 Å². The summed E-state index contributed by atoms with van der Waals surface area (Å²) >= 11 is 0. The first-order chi connectivity index (χ1) is 10.3. The zero-order valence-corrected chi connectivity index (χ0v) is 13.3. The number of hydrogen-bond acceptors (Lipinski definition) is 4. The van der Waals surface area contributed by atoms with Gasteiger partial charge in [0.05, 0.1) is 6.61 Å². The summed E-state index contributed by atoms with van der Waals surface area (Å²) in [6.45, 7) is 5.43. The van der Waals surface area contributed by atoms with E-state index in [9.17, 15) is 5.11 Å². The molecule has 0 aromatic rings. The van der Waals surface area contributed by atoms with Crippen molar-refractivity contribution < 1.29 is 5.11 Å². The standard InChI is InChI=1S/C17H31N3O/c21-13-17(18-14-5-6-14)7-1-3-15(11-17)20-10-9-19-8-2-4-16(19)12-20/h14-16,18,21H,1-13H2. The van der Waals surface area contributed by atoms with Crippen LogP contribution in [0.5, 0.6) is 0 Å². The van der Waals surface area contributed by atoms with Crippen LogP contribution in [0, 0.1) is 0 Å². The summed E-state index contributed by atoms with van der Waals surface area (Å²) in [7, 11) is 0. The Labute approximate surface area is 128 Å². The van der Waals surface area contributed by atoms with E-state index < -0.39 is 0 Å². The molecule has 3 atom stereocenters.